The molecule has 0 saturated carbocycles. The maximum Gasteiger partial charge on any atom is 0.326 e. The van der Waals surface area contributed by atoms with Crippen molar-refractivity contribution >= 4 is 5.97 Å². The summed E-state index contributed by atoms with van der Waals surface area (Å²) in [6.45, 7) is 2.09. The number of likely N-dealkylation sites (tertiary alicyclic amines) is 1. The normalized spacial score (nSPS) is 34.2. The monoisotopic (exact) mass is 254 g/mol. The van der Waals surface area contributed by atoms with Crippen LogP contribution in [0.3, 0.4) is 0 Å². The van der Waals surface area contributed by atoms with Gasteiger partial charge in [0.1, 0.15) is 5.54 Å². The predicted molar refractivity (Wildman–Crippen MR) is 71.5 cm³/mol. The molecular weight excluding hydrogens is 228 g/mol. The number of rotatable bonds is 3. The zero-order valence-electron chi connectivity index (χ0n) is 11.7. The lowest BCUT2D eigenvalue weighted by Crippen LogP contribution is -2.58. The second-order valence-corrected chi connectivity index (χ2v) is 5.79. The Bertz CT molecular complexity index is 288. The third kappa shape index (κ3) is 2.86. The van der Waals surface area contributed by atoms with Gasteiger partial charge in [0, 0.05) is 6.04 Å². The fraction of sp³-hybridized carbons (Fsp3) is 0.929. The van der Waals surface area contributed by atoms with Crippen LogP contribution in [0.1, 0.15) is 44.9 Å². The number of carbonyl (C=O) groups is 1. The molecule has 2 heterocycles. The number of esters is 1. The molecule has 2 atom stereocenters. The van der Waals surface area contributed by atoms with Crippen LogP contribution in [-0.4, -0.2) is 49.7 Å². The van der Waals surface area contributed by atoms with Gasteiger partial charge in [-0.1, -0.05) is 6.42 Å². The molecule has 2 rings (SSSR count). The van der Waals surface area contributed by atoms with Crippen LogP contribution in [0.5, 0.6) is 0 Å². The molecule has 0 aliphatic carbocycles. The lowest BCUT2D eigenvalue weighted by molar-refractivity contribution is -0.151. The molecule has 104 valence electrons. The molecule has 2 aliphatic heterocycles. The minimum absolute atomic E-state index is 0.0684. The SMILES string of the molecule is COC(=O)C1(CC2CCCCN2C)CCCCN1. The Morgan fingerprint density at radius 1 is 1.39 bits per heavy atom. The number of hydrogen-bond donors (Lipinski definition) is 1. The summed E-state index contributed by atoms with van der Waals surface area (Å²) in [7, 11) is 3.68. The Kier molecular flexibility index (Phi) is 4.62. The molecule has 0 aromatic carbocycles. The fourth-order valence-corrected chi connectivity index (χ4v) is 3.40. The van der Waals surface area contributed by atoms with Crippen molar-refractivity contribution in [2.75, 3.05) is 27.2 Å². The predicted octanol–water partition coefficient (Wildman–Crippen LogP) is 1.55. The van der Waals surface area contributed by atoms with Gasteiger partial charge in [-0.05, 0) is 58.7 Å². The average molecular weight is 254 g/mol. The summed E-state index contributed by atoms with van der Waals surface area (Å²) < 4.78 is 5.05. The Hall–Kier alpha value is -0.610. The van der Waals surface area contributed by atoms with Crippen LogP contribution >= 0.6 is 0 Å². The van der Waals surface area contributed by atoms with E-state index in [1.807, 2.05) is 0 Å². The molecule has 0 spiro atoms. The van der Waals surface area contributed by atoms with Gasteiger partial charge in [0.25, 0.3) is 0 Å². The van der Waals surface area contributed by atoms with E-state index in [2.05, 4.69) is 17.3 Å². The van der Waals surface area contributed by atoms with Crippen molar-refractivity contribution in [2.24, 2.45) is 0 Å². The number of ether oxygens (including phenoxy) is 1. The van der Waals surface area contributed by atoms with Crippen molar-refractivity contribution in [2.45, 2.75) is 56.5 Å². The maximum atomic E-state index is 12.2. The summed E-state index contributed by atoms with van der Waals surface area (Å²) in [5.74, 6) is -0.0684. The number of nitrogens with one attached hydrogen (secondary N) is 1. The van der Waals surface area contributed by atoms with Crippen molar-refractivity contribution in [1.82, 2.24) is 10.2 Å². The van der Waals surface area contributed by atoms with E-state index in [9.17, 15) is 4.79 Å². The molecule has 4 heteroatoms. The average Bonchev–Trinajstić information content (AvgIpc) is 2.41. The van der Waals surface area contributed by atoms with Crippen LogP contribution in [0.15, 0.2) is 0 Å². The molecule has 18 heavy (non-hydrogen) atoms. The van der Waals surface area contributed by atoms with Crippen molar-refractivity contribution < 1.29 is 9.53 Å². The first kappa shape index (κ1) is 13.8. The number of carbonyl (C=O) groups excluding carboxylic acids is 1. The lowest BCUT2D eigenvalue weighted by Gasteiger charge is -2.42. The minimum Gasteiger partial charge on any atom is -0.468 e. The topological polar surface area (TPSA) is 41.6 Å². The van der Waals surface area contributed by atoms with Gasteiger partial charge < -0.3 is 15.0 Å². The fourth-order valence-electron chi connectivity index (χ4n) is 3.40. The summed E-state index contributed by atoms with van der Waals surface area (Å²) in [5.41, 5.74) is -0.427. The minimum atomic E-state index is -0.427. The summed E-state index contributed by atoms with van der Waals surface area (Å²) in [4.78, 5) is 14.6. The zero-order valence-corrected chi connectivity index (χ0v) is 11.7. The largest absolute Gasteiger partial charge is 0.468 e. The van der Waals surface area contributed by atoms with E-state index in [-0.39, 0.29) is 5.97 Å². The molecular formula is C14H26N2O2. The number of hydrogen-bond acceptors (Lipinski definition) is 4. The van der Waals surface area contributed by atoms with Gasteiger partial charge in [-0.3, -0.25) is 4.79 Å². The van der Waals surface area contributed by atoms with Gasteiger partial charge in [-0.15, -0.1) is 0 Å². The van der Waals surface area contributed by atoms with Crippen LogP contribution in [0.2, 0.25) is 0 Å². The molecule has 2 fully saturated rings. The van der Waals surface area contributed by atoms with E-state index in [1.54, 1.807) is 0 Å². The van der Waals surface area contributed by atoms with E-state index < -0.39 is 5.54 Å². The number of piperidine rings is 2. The van der Waals surface area contributed by atoms with E-state index >= 15 is 0 Å². The molecule has 0 aromatic rings. The lowest BCUT2D eigenvalue weighted by atomic mass is 9.81. The van der Waals surface area contributed by atoms with E-state index in [1.165, 1.54) is 32.8 Å². The third-order valence-electron chi connectivity index (χ3n) is 4.58. The number of nitrogens with zero attached hydrogens (tertiary/aromatic N) is 1. The number of methoxy groups -OCH3 is 1. The molecule has 0 radical (unpaired) electrons. The standard InChI is InChI=1S/C14H26N2O2/c1-16-10-6-3-7-12(16)11-14(13(17)18-2)8-4-5-9-15-14/h12,15H,3-11H2,1-2H3. The van der Waals surface area contributed by atoms with Crippen molar-refractivity contribution in [3.8, 4) is 0 Å². The molecule has 0 aromatic heterocycles. The van der Waals surface area contributed by atoms with Gasteiger partial charge in [0.05, 0.1) is 7.11 Å². The quantitative estimate of drug-likeness (QED) is 0.776. The summed E-state index contributed by atoms with van der Waals surface area (Å²) in [6.07, 6.45) is 7.88. The molecule has 2 unspecified atom stereocenters. The summed E-state index contributed by atoms with van der Waals surface area (Å²) in [6, 6.07) is 0.517. The van der Waals surface area contributed by atoms with E-state index in [0.29, 0.717) is 6.04 Å². The highest BCUT2D eigenvalue weighted by atomic mass is 16.5. The molecule has 1 N–H and O–H groups in total. The second-order valence-electron chi connectivity index (χ2n) is 5.79. The first-order valence-electron chi connectivity index (χ1n) is 7.22. The van der Waals surface area contributed by atoms with E-state index in [4.69, 9.17) is 4.74 Å². The van der Waals surface area contributed by atoms with E-state index in [0.717, 1.165) is 32.4 Å². The molecule has 0 bridgehead atoms. The Morgan fingerprint density at radius 3 is 2.83 bits per heavy atom. The van der Waals surface area contributed by atoms with Crippen molar-refractivity contribution in [1.29, 1.82) is 0 Å². The van der Waals surface area contributed by atoms with Gasteiger partial charge in [-0.25, -0.2) is 0 Å². The molecule has 2 aliphatic rings. The molecule has 2 saturated heterocycles. The molecule has 0 amide bonds. The molecule has 4 nitrogen and oxygen atoms in total. The van der Waals surface area contributed by atoms with Gasteiger partial charge in [-0.2, -0.15) is 0 Å². The maximum absolute atomic E-state index is 12.2. The van der Waals surface area contributed by atoms with Crippen LogP contribution in [0.25, 0.3) is 0 Å². The summed E-state index contributed by atoms with van der Waals surface area (Å²) >= 11 is 0. The Morgan fingerprint density at radius 2 is 2.22 bits per heavy atom. The van der Waals surface area contributed by atoms with Gasteiger partial charge >= 0.3 is 5.97 Å². The van der Waals surface area contributed by atoms with Crippen LogP contribution in [-0.2, 0) is 9.53 Å². The van der Waals surface area contributed by atoms with Gasteiger partial charge in [0.15, 0.2) is 0 Å². The first-order chi connectivity index (χ1) is 8.68. The third-order valence-corrected chi connectivity index (χ3v) is 4.58. The second kappa shape index (κ2) is 6.02. The summed E-state index contributed by atoms with van der Waals surface area (Å²) in [5, 5.41) is 3.45. The van der Waals surface area contributed by atoms with Gasteiger partial charge in [0.2, 0.25) is 0 Å². The highest BCUT2D eigenvalue weighted by Gasteiger charge is 2.43. The Labute approximate surface area is 110 Å². The highest BCUT2D eigenvalue weighted by molar-refractivity contribution is 5.81. The van der Waals surface area contributed by atoms with Crippen LogP contribution in [0, 0.1) is 0 Å². The van der Waals surface area contributed by atoms with Crippen LogP contribution in [0.4, 0.5) is 0 Å². The van der Waals surface area contributed by atoms with Crippen molar-refractivity contribution in [3.63, 3.8) is 0 Å². The smallest absolute Gasteiger partial charge is 0.326 e. The van der Waals surface area contributed by atoms with Crippen molar-refractivity contribution in [3.05, 3.63) is 0 Å². The zero-order chi connectivity index (χ0) is 13.0. The first-order valence-corrected chi connectivity index (χ1v) is 7.22. The highest BCUT2D eigenvalue weighted by Crippen LogP contribution is 2.30. The van der Waals surface area contributed by atoms with Crippen LogP contribution < -0.4 is 5.32 Å². The Balaban J connectivity index is 2.06.